The highest BCUT2D eigenvalue weighted by molar-refractivity contribution is 6.18. The lowest BCUT2D eigenvalue weighted by molar-refractivity contribution is -0.385. The average molecular weight is 770 g/mol. The van der Waals surface area contributed by atoms with Crippen LogP contribution in [0.2, 0.25) is 0 Å². The summed E-state index contributed by atoms with van der Waals surface area (Å²) in [6.45, 7) is 13.7. The molecular weight excluding hydrogens is 711 g/mol. The summed E-state index contributed by atoms with van der Waals surface area (Å²) < 4.78 is 0. The van der Waals surface area contributed by atoms with Gasteiger partial charge in [0.15, 0.2) is 0 Å². The predicted octanol–water partition coefficient (Wildman–Crippen LogP) is 11.7. The first kappa shape index (κ1) is 52.4. The number of hydrogen-bond donors (Lipinski definition) is 2. The second-order valence-electron chi connectivity index (χ2n) is 9.29. The highest BCUT2D eigenvalue weighted by Gasteiger charge is 2.05. The quantitative estimate of drug-likeness (QED) is 0.0659. The number of rotatable bonds is 9. The third-order valence-corrected chi connectivity index (χ3v) is 6.33. The molecule has 0 spiro atoms. The van der Waals surface area contributed by atoms with Crippen LogP contribution in [0.15, 0.2) is 146 Å². The summed E-state index contributed by atoms with van der Waals surface area (Å²) in [5.74, 6) is 1.23. The van der Waals surface area contributed by atoms with Gasteiger partial charge in [0.1, 0.15) is 0 Å². The van der Waals surface area contributed by atoms with Crippen molar-refractivity contribution in [2.75, 3.05) is 42.6 Å². The number of benzene rings is 5. The number of anilines is 2. The van der Waals surface area contributed by atoms with Gasteiger partial charge in [0.2, 0.25) is 0 Å². The van der Waals surface area contributed by atoms with Crippen LogP contribution < -0.4 is 10.6 Å². The number of nitrogens with two attached hydrogens (primary N) is 1. The highest BCUT2D eigenvalue weighted by Crippen LogP contribution is 2.18. The third-order valence-electron chi connectivity index (χ3n) is 6.00. The first-order chi connectivity index (χ1) is 25.8. The topological polar surface area (TPSA) is 136 Å². The Balaban J connectivity index is -0.000000638. The van der Waals surface area contributed by atoms with Gasteiger partial charge in [0.25, 0.3) is 11.4 Å². The molecule has 0 bridgehead atoms. The van der Waals surface area contributed by atoms with Crippen LogP contribution in [0.25, 0.3) is 0 Å². The normalized spacial score (nSPS) is 8.57. The third kappa shape index (κ3) is 27.4. The van der Waals surface area contributed by atoms with E-state index in [-0.39, 0.29) is 11.4 Å². The Morgan fingerprint density at radius 2 is 0.830 bits per heavy atom. The number of para-hydroxylation sites is 3. The van der Waals surface area contributed by atoms with Crippen LogP contribution in [-0.4, -0.2) is 46.9 Å². The van der Waals surface area contributed by atoms with Gasteiger partial charge in [-0.1, -0.05) is 139 Å². The largest absolute Gasteiger partial charge is 0.400 e. The van der Waals surface area contributed by atoms with E-state index in [9.17, 15) is 20.2 Å². The predicted molar refractivity (Wildman–Crippen MR) is 229 cm³/mol. The summed E-state index contributed by atoms with van der Waals surface area (Å²) in [6, 6.07) is 44.5. The minimum atomic E-state index is -0.417. The lowest BCUT2D eigenvalue weighted by Gasteiger charge is -2.23. The molecule has 0 saturated heterocycles. The number of non-ortho nitro benzene ring substituents is 2. The molecule has 5 aromatic carbocycles. The van der Waals surface area contributed by atoms with E-state index < -0.39 is 9.85 Å². The summed E-state index contributed by atoms with van der Waals surface area (Å²) in [4.78, 5) is 21.4. The van der Waals surface area contributed by atoms with E-state index in [4.69, 9.17) is 34.0 Å². The number of nitro benzene ring substituents is 2. The van der Waals surface area contributed by atoms with E-state index in [0.717, 1.165) is 32.3 Å². The lowest BCUT2D eigenvalue weighted by atomic mass is 10.0. The van der Waals surface area contributed by atoms with Crippen molar-refractivity contribution in [2.24, 2.45) is 0 Å². The molecule has 11 heteroatoms. The van der Waals surface area contributed by atoms with E-state index in [2.05, 4.69) is 53.4 Å². The smallest absolute Gasteiger partial charge is 0.269 e. The Labute approximate surface area is 327 Å². The zero-order valence-corrected chi connectivity index (χ0v) is 33.7. The molecule has 9 nitrogen and oxygen atoms in total. The van der Waals surface area contributed by atoms with Crippen molar-refractivity contribution in [1.82, 2.24) is 0 Å². The van der Waals surface area contributed by atoms with E-state index in [1.165, 1.54) is 41.1 Å². The van der Waals surface area contributed by atoms with Gasteiger partial charge < -0.3 is 15.7 Å². The molecule has 0 radical (unpaired) electrons. The first-order valence-corrected chi connectivity index (χ1v) is 18.5. The summed E-state index contributed by atoms with van der Waals surface area (Å²) in [5.41, 5.74) is 10.3. The van der Waals surface area contributed by atoms with Gasteiger partial charge in [-0.15, -0.1) is 23.2 Å². The fraction of sp³-hybridized carbons (Fsp3) is 0.286. The van der Waals surface area contributed by atoms with Crippen molar-refractivity contribution in [3.05, 3.63) is 177 Å². The maximum Gasteiger partial charge on any atom is 0.269 e. The van der Waals surface area contributed by atoms with Crippen molar-refractivity contribution >= 4 is 46.0 Å². The Bertz CT molecular complexity index is 1450. The van der Waals surface area contributed by atoms with Crippen LogP contribution in [0.4, 0.5) is 22.7 Å². The number of nitro groups is 2. The zero-order chi connectivity index (χ0) is 40.7. The standard InChI is InChI=1S/C17H19Cl2N.2C6H5NO2.C6H7N.3C2H6.CH4O/c18-10-12-20(13-11-19)17-8-6-16(7-9-17)14-15-4-2-1-3-5-15;2*8-7(9)6-4-2-1-3-5-6;7-6-4-2-1-3-5-6;4*1-2/h1-9H,10-14H2;2*1-5H;1-5H,7H2;3*1-2H3;2H,1H3. The highest BCUT2D eigenvalue weighted by atomic mass is 35.5. The van der Waals surface area contributed by atoms with Gasteiger partial charge in [-0.25, -0.2) is 0 Å². The van der Waals surface area contributed by atoms with Gasteiger partial charge in [-0.3, -0.25) is 20.2 Å². The molecule has 0 heterocycles. The summed E-state index contributed by atoms with van der Waals surface area (Å²) in [6.07, 6.45) is 0.964. The Morgan fingerprint density at radius 3 is 1.09 bits per heavy atom. The first-order valence-electron chi connectivity index (χ1n) is 17.5. The molecule has 0 aliphatic rings. The molecule has 0 saturated carbocycles. The van der Waals surface area contributed by atoms with Crippen LogP contribution in [0, 0.1) is 20.2 Å². The minimum absolute atomic E-state index is 0.137. The molecule has 0 aliphatic heterocycles. The van der Waals surface area contributed by atoms with Crippen molar-refractivity contribution in [3.63, 3.8) is 0 Å². The number of hydrogen-bond acceptors (Lipinski definition) is 7. The molecule has 0 fully saturated rings. The molecule has 0 unspecified atom stereocenters. The van der Waals surface area contributed by atoms with Gasteiger partial charge in [0, 0.05) is 67.6 Å². The van der Waals surface area contributed by atoms with E-state index >= 15 is 0 Å². The number of aliphatic hydroxyl groups is 1. The molecule has 0 amide bonds. The summed E-state index contributed by atoms with van der Waals surface area (Å²) in [5, 5.41) is 27.0. The molecule has 0 aromatic heterocycles. The van der Waals surface area contributed by atoms with E-state index in [0.29, 0.717) is 11.8 Å². The summed E-state index contributed by atoms with van der Waals surface area (Å²) in [7, 11) is 1.00. The van der Waals surface area contributed by atoms with Crippen molar-refractivity contribution in [2.45, 2.75) is 48.0 Å². The molecule has 5 aromatic rings. The van der Waals surface area contributed by atoms with Crippen LogP contribution in [0.1, 0.15) is 52.7 Å². The number of nitrogens with zero attached hydrogens (tertiary/aromatic N) is 3. The van der Waals surface area contributed by atoms with Gasteiger partial charge in [-0.05, 0) is 41.8 Å². The maximum absolute atomic E-state index is 10.0. The maximum atomic E-state index is 10.0. The van der Waals surface area contributed by atoms with Gasteiger partial charge in [-0.2, -0.15) is 0 Å². The van der Waals surface area contributed by atoms with Crippen LogP contribution >= 0.6 is 23.2 Å². The number of aliphatic hydroxyl groups excluding tert-OH is 1. The molecule has 0 aliphatic carbocycles. The molecular formula is C42H58Cl2N4O5. The van der Waals surface area contributed by atoms with E-state index in [1.807, 2.05) is 77.9 Å². The number of alkyl halides is 2. The number of nitrogen functional groups attached to an aromatic ring is 1. The Hall–Kier alpha value is -4.96. The molecule has 5 rings (SSSR count). The summed E-state index contributed by atoms with van der Waals surface area (Å²) >= 11 is 11.7. The average Bonchev–Trinajstić information content (AvgIpc) is 3.23. The van der Waals surface area contributed by atoms with Crippen LogP contribution in [0.5, 0.6) is 0 Å². The second kappa shape index (κ2) is 38.3. The van der Waals surface area contributed by atoms with Crippen molar-refractivity contribution < 1.29 is 15.0 Å². The molecule has 290 valence electrons. The molecule has 53 heavy (non-hydrogen) atoms. The fourth-order valence-electron chi connectivity index (χ4n) is 3.78. The monoisotopic (exact) mass is 768 g/mol. The SMILES string of the molecule is CC.CC.CC.CO.ClCCN(CCCl)c1ccc(Cc2ccccc2)cc1.Nc1ccccc1.O=[N+]([O-])c1ccccc1.O=[N+]([O-])c1ccccc1. The second-order valence-corrected chi connectivity index (χ2v) is 10.0. The van der Waals surface area contributed by atoms with Crippen LogP contribution in [0.3, 0.4) is 0 Å². The van der Waals surface area contributed by atoms with Crippen LogP contribution in [-0.2, 0) is 6.42 Å². The fourth-order valence-corrected chi connectivity index (χ4v) is 4.19. The van der Waals surface area contributed by atoms with Gasteiger partial charge in [0.05, 0.1) is 9.85 Å². The Morgan fingerprint density at radius 1 is 0.528 bits per heavy atom. The molecule has 3 N–H and O–H groups in total. The lowest BCUT2D eigenvalue weighted by Crippen LogP contribution is -2.27. The van der Waals surface area contributed by atoms with Crippen molar-refractivity contribution in [3.8, 4) is 0 Å². The van der Waals surface area contributed by atoms with Crippen molar-refractivity contribution in [1.29, 1.82) is 0 Å². The Kier molecular flexibility index (Phi) is 37.8. The van der Waals surface area contributed by atoms with E-state index in [1.54, 1.807) is 36.4 Å². The van der Waals surface area contributed by atoms with Gasteiger partial charge >= 0.3 is 0 Å². The molecule has 0 atom stereocenters. The number of halogens is 2. The minimum Gasteiger partial charge on any atom is -0.400 e. The zero-order valence-electron chi connectivity index (χ0n) is 32.1.